The number of aromatic hydroxyl groups is 1. The van der Waals surface area contributed by atoms with Crippen molar-refractivity contribution in [2.45, 2.75) is 13.3 Å². The smallest absolute Gasteiger partial charge is 0.115 e. The van der Waals surface area contributed by atoms with Crippen LogP contribution in [0.1, 0.15) is 12.5 Å². The predicted octanol–water partition coefficient (Wildman–Crippen LogP) is 3.62. The summed E-state index contributed by atoms with van der Waals surface area (Å²) in [5.74, 6) is 0.830. The van der Waals surface area contributed by atoms with E-state index < -0.39 is 0 Å². The topological polar surface area (TPSA) is 20.2 Å². The lowest BCUT2D eigenvalue weighted by Gasteiger charge is -2.02. The van der Waals surface area contributed by atoms with E-state index in [1.807, 2.05) is 12.1 Å². The van der Waals surface area contributed by atoms with Gasteiger partial charge in [-0.3, -0.25) is 0 Å². The molecule has 1 aromatic rings. The molecule has 0 saturated heterocycles. The number of phenolic OH excluding ortho intramolecular Hbond substituents is 1. The molecule has 0 aromatic heterocycles. The first kappa shape index (κ1) is 10.7. The Hall–Kier alpha value is -1.76. The molecule has 0 saturated carbocycles. The fraction of sp³-hybridized carbons (Fsp3) is 0.200. The lowest BCUT2D eigenvalue weighted by atomic mass is 10.0. The summed E-state index contributed by atoms with van der Waals surface area (Å²) < 4.78 is 0. The summed E-state index contributed by atoms with van der Waals surface area (Å²) in [7, 11) is 0. The maximum Gasteiger partial charge on any atom is 0.115 e. The average Bonchev–Trinajstić information content (AvgIpc) is 2.47. The minimum Gasteiger partial charge on any atom is -0.508 e. The monoisotopic (exact) mass is 212 g/mol. The maximum atomic E-state index is 9.20. The zero-order valence-electron chi connectivity index (χ0n) is 9.43. The van der Waals surface area contributed by atoms with Crippen molar-refractivity contribution >= 4 is 0 Å². The molecule has 0 fully saturated rings. The Balaban J connectivity index is 2.10. The van der Waals surface area contributed by atoms with Gasteiger partial charge in [0, 0.05) is 0 Å². The van der Waals surface area contributed by atoms with Gasteiger partial charge in [0.05, 0.1) is 0 Å². The van der Waals surface area contributed by atoms with E-state index in [-0.39, 0.29) is 0 Å². The molecule has 1 aliphatic carbocycles. The van der Waals surface area contributed by atoms with Crippen LogP contribution >= 0.6 is 0 Å². The lowest BCUT2D eigenvalue weighted by Crippen LogP contribution is -1.87. The number of allylic oxidation sites excluding steroid dienone is 6. The summed E-state index contributed by atoms with van der Waals surface area (Å²) in [6, 6.07) is 7.38. The Morgan fingerprint density at radius 1 is 1.12 bits per heavy atom. The van der Waals surface area contributed by atoms with Crippen molar-refractivity contribution in [3.63, 3.8) is 0 Å². The fourth-order valence-corrected chi connectivity index (χ4v) is 1.72. The van der Waals surface area contributed by atoms with Gasteiger partial charge in [0.1, 0.15) is 5.75 Å². The summed E-state index contributed by atoms with van der Waals surface area (Å²) in [6.45, 7) is 2.17. The zero-order valence-corrected chi connectivity index (χ0v) is 9.43. The molecule has 0 heterocycles. The van der Waals surface area contributed by atoms with Crippen LogP contribution in [0.4, 0.5) is 0 Å². The normalized spacial score (nSPS) is 19.3. The molecule has 1 heteroatoms. The quantitative estimate of drug-likeness (QED) is 0.793. The Morgan fingerprint density at radius 2 is 1.88 bits per heavy atom. The van der Waals surface area contributed by atoms with Crippen molar-refractivity contribution in [3.05, 3.63) is 65.8 Å². The lowest BCUT2D eigenvalue weighted by molar-refractivity contribution is 0.475. The van der Waals surface area contributed by atoms with E-state index in [9.17, 15) is 5.11 Å². The minimum atomic E-state index is 0.322. The molecule has 1 aromatic carbocycles. The first-order valence-corrected chi connectivity index (χ1v) is 5.57. The van der Waals surface area contributed by atoms with Gasteiger partial charge in [-0.15, -0.1) is 0 Å². The second-order valence-corrected chi connectivity index (χ2v) is 4.19. The molecule has 0 amide bonds. The summed E-state index contributed by atoms with van der Waals surface area (Å²) in [5.41, 5.74) is 2.52. The third kappa shape index (κ3) is 2.86. The van der Waals surface area contributed by atoms with E-state index in [0.717, 1.165) is 6.42 Å². The van der Waals surface area contributed by atoms with Crippen LogP contribution in [0.2, 0.25) is 0 Å². The van der Waals surface area contributed by atoms with Gasteiger partial charge in [-0.1, -0.05) is 49.4 Å². The second-order valence-electron chi connectivity index (χ2n) is 4.19. The van der Waals surface area contributed by atoms with Gasteiger partial charge in [0.2, 0.25) is 0 Å². The van der Waals surface area contributed by atoms with Crippen LogP contribution in [0.25, 0.3) is 0 Å². The van der Waals surface area contributed by atoms with Gasteiger partial charge >= 0.3 is 0 Å². The maximum absolute atomic E-state index is 9.20. The second kappa shape index (κ2) is 4.84. The molecule has 1 nitrogen and oxygen atoms in total. The molecular formula is C15H16O. The number of rotatable bonds is 2. The molecule has 0 radical (unpaired) electrons. The Morgan fingerprint density at radius 3 is 2.62 bits per heavy atom. The van der Waals surface area contributed by atoms with Gasteiger partial charge in [-0.2, -0.15) is 0 Å². The van der Waals surface area contributed by atoms with Crippen molar-refractivity contribution in [1.29, 1.82) is 0 Å². The van der Waals surface area contributed by atoms with Crippen LogP contribution < -0.4 is 0 Å². The van der Waals surface area contributed by atoms with Crippen molar-refractivity contribution in [2.24, 2.45) is 5.92 Å². The fourth-order valence-electron chi connectivity index (χ4n) is 1.72. The number of benzene rings is 1. The predicted molar refractivity (Wildman–Crippen MR) is 67.3 cm³/mol. The van der Waals surface area contributed by atoms with E-state index in [4.69, 9.17) is 0 Å². The van der Waals surface area contributed by atoms with E-state index in [0.29, 0.717) is 11.7 Å². The molecule has 0 aliphatic heterocycles. The number of hydrogen-bond acceptors (Lipinski definition) is 1. The Kier molecular flexibility index (Phi) is 3.25. The van der Waals surface area contributed by atoms with Gasteiger partial charge in [0.25, 0.3) is 0 Å². The van der Waals surface area contributed by atoms with Crippen LogP contribution in [-0.2, 0) is 6.42 Å². The third-order valence-electron chi connectivity index (χ3n) is 2.68. The van der Waals surface area contributed by atoms with Crippen LogP contribution in [0, 0.1) is 5.92 Å². The van der Waals surface area contributed by atoms with Crippen LogP contribution in [0.5, 0.6) is 5.75 Å². The van der Waals surface area contributed by atoms with E-state index in [2.05, 4.69) is 37.3 Å². The summed E-state index contributed by atoms with van der Waals surface area (Å²) in [4.78, 5) is 0. The van der Waals surface area contributed by atoms with Crippen LogP contribution in [0.15, 0.2) is 60.2 Å². The largest absolute Gasteiger partial charge is 0.508 e. The Labute approximate surface area is 96.4 Å². The molecule has 0 bridgehead atoms. The molecule has 1 N–H and O–H groups in total. The van der Waals surface area contributed by atoms with Gasteiger partial charge in [-0.25, -0.2) is 0 Å². The highest BCUT2D eigenvalue weighted by Gasteiger charge is 2.00. The van der Waals surface area contributed by atoms with E-state index in [1.54, 1.807) is 12.1 Å². The van der Waals surface area contributed by atoms with Gasteiger partial charge in [-0.05, 0) is 35.6 Å². The average molecular weight is 212 g/mol. The molecule has 16 heavy (non-hydrogen) atoms. The molecule has 1 aliphatic rings. The molecule has 82 valence electrons. The van der Waals surface area contributed by atoms with Gasteiger partial charge < -0.3 is 5.11 Å². The standard InChI is InChI=1S/C15H16O/c1-12-3-2-4-13(6-5-12)11-14-7-9-15(16)10-8-14/h2-10,12,16H,11H2,1H3. The highest BCUT2D eigenvalue weighted by molar-refractivity contribution is 5.35. The molecule has 1 unspecified atom stereocenters. The number of phenols is 1. The van der Waals surface area contributed by atoms with Crippen LogP contribution in [0.3, 0.4) is 0 Å². The van der Waals surface area contributed by atoms with Crippen LogP contribution in [-0.4, -0.2) is 5.11 Å². The summed E-state index contributed by atoms with van der Waals surface area (Å²) in [5, 5.41) is 9.20. The van der Waals surface area contributed by atoms with Gasteiger partial charge in [0.15, 0.2) is 0 Å². The first-order chi connectivity index (χ1) is 7.74. The van der Waals surface area contributed by atoms with Crippen molar-refractivity contribution in [3.8, 4) is 5.75 Å². The molecule has 2 rings (SSSR count). The summed E-state index contributed by atoms with van der Waals surface area (Å²) >= 11 is 0. The van der Waals surface area contributed by atoms with E-state index in [1.165, 1.54) is 11.1 Å². The molecular weight excluding hydrogens is 196 g/mol. The highest BCUT2D eigenvalue weighted by Crippen LogP contribution is 2.16. The molecule has 1 atom stereocenters. The zero-order chi connectivity index (χ0) is 11.4. The van der Waals surface area contributed by atoms with Crippen molar-refractivity contribution in [1.82, 2.24) is 0 Å². The first-order valence-electron chi connectivity index (χ1n) is 5.57. The minimum absolute atomic E-state index is 0.322. The Bertz CT molecular complexity index is 435. The van der Waals surface area contributed by atoms with E-state index >= 15 is 0 Å². The SMILES string of the molecule is CC1C=CC=C(Cc2ccc(O)cc2)C=C1. The summed E-state index contributed by atoms with van der Waals surface area (Å²) in [6.07, 6.45) is 11.7. The van der Waals surface area contributed by atoms with Crippen molar-refractivity contribution < 1.29 is 5.11 Å². The third-order valence-corrected chi connectivity index (χ3v) is 2.68. The highest BCUT2D eigenvalue weighted by atomic mass is 16.3. The molecule has 0 spiro atoms. The number of hydrogen-bond donors (Lipinski definition) is 1. The van der Waals surface area contributed by atoms with Crippen molar-refractivity contribution in [2.75, 3.05) is 0 Å².